The lowest BCUT2D eigenvalue weighted by Gasteiger charge is -2.34. The summed E-state index contributed by atoms with van der Waals surface area (Å²) in [6.45, 7) is 4.30. The summed E-state index contributed by atoms with van der Waals surface area (Å²) in [4.78, 5) is 13.5. The Labute approximate surface area is 164 Å². The molecule has 2 aromatic carbocycles. The quantitative estimate of drug-likeness (QED) is 0.731. The maximum Gasteiger partial charge on any atom is 0.162 e. The van der Waals surface area contributed by atoms with Gasteiger partial charge < -0.3 is 24.6 Å². The second-order valence-corrected chi connectivity index (χ2v) is 6.91. The lowest BCUT2D eigenvalue weighted by molar-refractivity contribution is 0.313. The molecular formula is C21H25N5O2. The Bertz CT molecular complexity index is 953. The summed E-state index contributed by atoms with van der Waals surface area (Å²) >= 11 is 0. The largest absolute Gasteiger partial charge is 0.493 e. The molecule has 0 unspecified atom stereocenters. The summed E-state index contributed by atoms with van der Waals surface area (Å²) < 4.78 is 10.8. The van der Waals surface area contributed by atoms with Crippen molar-refractivity contribution in [1.29, 1.82) is 0 Å². The van der Waals surface area contributed by atoms with Gasteiger partial charge in [0.15, 0.2) is 11.5 Å². The van der Waals surface area contributed by atoms with E-state index in [1.165, 1.54) is 5.69 Å². The minimum absolute atomic E-state index is 0.649. The highest BCUT2D eigenvalue weighted by Gasteiger charge is 2.14. The normalized spacial score (nSPS) is 14.9. The van der Waals surface area contributed by atoms with Gasteiger partial charge >= 0.3 is 0 Å². The molecule has 1 aliphatic heterocycles. The van der Waals surface area contributed by atoms with Crippen molar-refractivity contribution in [3.8, 4) is 11.5 Å². The molecule has 1 N–H and O–H groups in total. The third-order valence-corrected chi connectivity index (χ3v) is 5.14. The number of anilines is 3. The fourth-order valence-electron chi connectivity index (χ4n) is 3.44. The molecule has 146 valence electrons. The van der Waals surface area contributed by atoms with Crippen molar-refractivity contribution in [2.24, 2.45) is 0 Å². The van der Waals surface area contributed by atoms with Gasteiger partial charge in [0.1, 0.15) is 12.1 Å². The molecule has 2 heterocycles. The van der Waals surface area contributed by atoms with E-state index in [-0.39, 0.29) is 0 Å². The molecule has 1 saturated heterocycles. The van der Waals surface area contributed by atoms with Crippen LogP contribution in [0.1, 0.15) is 0 Å². The zero-order valence-electron chi connectivity index (χ0n) is 16.5. The van der Waals surface area contributed by atoms with Crippen LogP contribution in [0.25, 0.3) is 10.9 Å². The average Bonchev–Trinajstić information content (AvgIpc) is 2.74. The number of hydrogen-bond acceptors (Lipinski definition) is 7. The zero-order valence-corrected chi connectivity index (χ0v) is 16.5. The van der Waals surface area contributed by atoms with Gasteiger partial charge in [-0.3, -0.25) is 0 Å². The lowest BCUT2D eigenvalue weighted by Crippen LogP contribution is -2.44. The van der Waals surface area contributed by atoms with E-state index in [0.29, 0.717) is 11.5 Å². The summed E-state index contributed by atoms with van der Waals surface area (Å²) in [5.41, 5.74) is 3.02. The number of rotatable bonds is 5. The van der Waals surface area contributed by atoms with Gasteiger partial charge in [-0.05, 0) is 37.4 Å². The van der Waals surface area contributed by atoms with Gasteiger partial charge in [0.05, 0.1) is 19.7 Å². The number of benzene rings is 2. The summed E-state index contributed by atoms with van der Waals surface area (Å²) in [6.07, 6.45) is 1.55. The molecule has 0 aliphatic carbocycles. The van der Waals surface area contributed by atoms with E-state index in [1.54, 1.807) is 20.5 Å². The Kier molecular flexibility index (Phi) is 5.16. The smallest absolute Gasteiger partial charge is 0.162 e. The fraction of sp³-hybridized carbons (Fsp3) is 0.333. The molecule has 0 saturated carbocycles. The number of nitrogens with one attached hydrogen (secondary N) is 1. The van der Waals surface area contributed by atoms with Crippen LogP contribution in [0.3, 0.4) is 0 Å². The van der Waals surface area contributed by atoms with Crippen LogP contribution in [0.4, 0.5) is 17.2 Å². The van der Waals surface area contributed by atoms with E-state index in [4.69, 9.17) is 9.47 Å². The van der Waals surface area contributed by atoms with Gasteiger partial charge in [0.2, 0.25) is 0 Å². The number of piperazine rings is 1. The standard InChI is InChI=1S/C21H25N5O2/c1-25-8-10-26(11-9-25)16-6-4-15(5-7-16)24-21-17-12-19(27-2)20(28-3)13-18(17)22-14-23-21/h4-7,12-14H,8-11H2,1-3H3,(H,22,23,24). The minimum atomic E-state index is 0.649. The molecule has 1 aliphatic rings. The van der Waals surface area contributed by atoms with Crippen LogP contribution in [0, 0.1) is 0 Å². The van der Waals surface area contributed by atoms with Crippen molar-refractivity contribution in [2.75, 3.05) is 57.7 Å². The second-order valence-electron chi connectivity index (χ2n) is 6.91. The Morgan fingerprint density at radius 3 is 2.25 bits per heavy atom. The molecule has 0 spiro atoms. The van der Waals surface area contributed by atoms with Crippen molar-refractivity contribution < 1.29 is 9.47 Å². The van der Waals surface area contributed by atoms with Gasteiger partial charge in [-0.1, -0.05) is 0 Å². The Balaban J connectivity index is 1.58. The van der Waals surface area contributed by atoms with Crippen molar-refractivity contribution in [2.45, 2.75) is 0 Å². The monoisotopic (exact) mass is 379 g/mol. The lowest BCUT2D eigenvalue weighted by atomic mass is 10.2. The van der Waals surface area contributed by atoms with Crippen LogP contribution < -0.4 is 19.7 Å². The summed E-state index contributed by atoms with van der Waals surface area (Å²) in [5, 5.41) is 4.28. The Morgan fingerprint density at radius 2 is 1.57 bits per heavy atom. The first-order valence-corrected chi connectivity index (χ1v) is 9.35. The molecule has 7 heteroatoms. The molecule has 3 aromatic rings. The number of ether oxygens (including phenoxy) is 2. The molecule has 1 fully saturated rings. The maximum atomic E-state index is 5.42. The first kappa shape index (κ1) is 18.3. The highest BCUT2D eigenvalue weighted by atomic mass is 16.5. The first-order valence-electron chi connectivity index (χ1n) is 9.35. The van der Waals surface area contributed by atoms with Crippen molar-refractivity contribution in [3.05, 3.63) is 42.7 Å². The summed E-state index contributed by atoms with van der Waals surface area (Å²) in [7, 11) is 5.41. The van der Waals surface area contributed by atoms with Gasteiger partial charge in [0, 0.05) is 49.0 Å². The van der Waals surface area contributed by atoms with Gasteiger partial charge in [-0.25, -0.2) is 9.97 Å². The minimum Gasteiger partial charge on any atom is -0.493 e. The topological polar surface area (TPSA) is 62.8 Å². The molecular weight excluding hydrogens is 354 g/mol. The highest BCUT2D eigenvalue weighted by Crippen LogP contribution is 2.34. The predicted molar refractivity (Wildman–Crippen MR) is 112 cm³/mol. The highest BCUT2D eigenvalue weighted by molar-refractivity contribution is 5.93. The van der Waals surface area contributed by atoms with Gasteiger partial charge in [0.25, 0.3) is 0 Å². The summed E-state index contributed by atoms with van der Waals surface area (Å²) in [6, 6.07) is 12.2. The van der Waals surface area contributed by atoms with Crippen LogP contribution in [0.15, 0.2) is 42.7 Å². The number of fused-ring (bicyclic) bond motifs is 1. The molecule has 1 aromatic heterocycles. The van der Waals surface area contributed by atoms with Crippen LogP contribution >= 0.6 is 0 Å². The molecule has 0 amide bonds. The fourth-order valence-corrected chi connectivity index (χ4v) is 3.44. The first-order chi connectivity index (χ1) is 13.7. The van der Waals surface area contributed by atoms with Gasteiger partial charge in [-0.15, -0.1) is 0 Å². The third-order valence-electron chi connectivity index (χ3n) is 5.14. The Hall–Kier alpha value is -3.06. The number of aromatic nitrogens is 2. The van der Waals surface area contributed by atoms with Crippen LogP contribution in [-0.4, -0.2) is 62.3 Å². The van der Waals surface area contributed by atoms with E-state index >= 15 is 0 Å². The number of likely N-dealkylation sites (N-methyl/N-ethyl adjacent to an activating group) is 1. The molecule has 0 bridgehead atoms. The van der Waals surface area contributed by atoms with E-state index in [9.17, 15) is 0 Å². The average molecular weight is 379 g/mol. The molecule has 7 nitrogen and oxygen atoms in total. The van der Waals surface area contributed by atoms with Crippen LogP contribution in [-0.2, 0) is 0 Å². The molecule has 28 heavy (non-hydrogen) atoms. The Morgan fingerprint density at radius 1 is 0.893 bits per heavy atom. The predicted octanol–water partition coefficient (Wildman–Crippen LogP) is 3.14. The van der Waals surface area contributed by atoms with E-state index < -0.39 is 0 Å². The second kappa shape index (κ2) is 7.90. The number of nitrogens with zero attached hydrogens (tertiary/aromatic N) is 4. The van der Waals surface area contributed by atoms with E-state index in [2.05, 4.69) is 56.4 Å². The van der Waals surface area contributed by atoms with E-state index in [0.717, 1.165) is 48.6 Å². The SMILES string of the molecule is COc1cc2ncnc(Nc3ccc(N4CCN(C)CC4)cc3)c2cc1OC. The third kappa shape index (κ3) is 3.66. The maximum absolute atomic E-state index is 5.42. The molecule has 4 rings (SSSR count). The molecule has 0 atom stereocenters. The van der Waals surface area contributed by atoms with Crippen molar-refractivity contribution in [3.63, 3.8) is 0 Å². The molecule has 0 radical (unpaired) electrons. The van der Waals surface area contributed by atoms with E-state index in [1.807, 2.05) is 12.1 Å². The summed E-state index contributed by atoms with van der Waals surface area (Å²) in [5.74, 6) is 2.03. The van der Waals surface area contributed by atoms with Crippen LogP contribution in [0.5, 0.6) is 11.5 Å². The number of hydrogen-bond donors (Lipinski definition) is 1. The zero-order chi connectivity index (χ0) is 19.5. The van der Waals surface area contributed by atoms with Gasteiger partial charge in [-0.2, -0.15) is 0 Å². The number of methoxy groups -OCH3 is 2. The van der Waals surface area contributed by atoms with Crippen molar-refractivity contribution >= 4 is 28.1 Å². The van der Waals surface area contributed by atoms with Crippen molar-refractivity contribution in [1.82, 2.24) is 14.9 Å². The van der Waals surface area contributed by atoms with Crippen LogP contribution in [0.2, 0.25) is 0 Å².